The van der Waals surface area contributed by atoms with Gasteiger partial charge in [0.05, 0.1) is 6.61 Å². The van der Waals surface area contributed by atoms with E-state index in [2.05, 4.69) is 41.2 Å². The van der Waals surface area contributed by atoms with Crippen molar-refractivity contribution in [3.8, 4) is 0 Å². The van der Waals surface area contributed by atoms with E-state index in [0.717, 1.165) is 29.9 Å². The second kappa shape index (κ2) is 6.34. The Morgan fingerprint density at radius 3 is 2.53 bits per heavy atom. The number of aromatic nitrogens is 1. The number of benzene rings is 1. The van der Waals surface area contributed by atoms with Crippen molar-refractivity contribution in [1.82, 2.24) is 4.98 Å². The second-order valence-corrected chi connectivity index (χ2v) is 4.80. The molecule has 1 aromatic carbocycles. The van der Waals surface area contributed by atoms with Gasteiger partial charge in [0.15, 0.2) is 0 Å². The highest BCUT2D eigenvalue weighted by molar-refractivity contribution is 5.46. The van der Waals surface area contributed by atoms with Crippen LogP contribution in [0, 0.1) is 6.92 Å². The van der Waals surface area contributed by atoms with Crippen molar-refractivity contribution in [2.24, 2.45) is 0 Å². The van der Waals surface area contributed by atoms with Crippen LogP contribution in [0.15, 0.2) is 42.6 Å². The fraction of sp³-hybridized carbons (Fsp3) is 0.312. The number of hydrogen-bond acceptors (Lipinski definition) is 3. The van der Waals surface area contributed by atoms with E-state index in [1.54, 1.807) is 6.20 Å². The molecule has 1 heterocycles. The van der Waals surface area contributed by atoms with E-state index in [9.17, 15) is 0 Å². The molecule has 2 rings (SSSR count). The van der Waals surface area contributed by atoms with Crippen LogP contribution in [0.5, 0.6) is 0 Å². The summed E-state index contributed by atoms with van der Waals surface area (Å²) in [6, 6.07) is 12.4. The fourth-order valence-electron chi connectivity index (χ4n) is 2.16. The third kappa shape index (κ3) is 3.55. The first-order valence-electron chi connectivity index (χ1n) is 6.52. The van der Waals surface area contributed by atoms with E-state index in [4.69, 9.17) is 5.11 Å². The van der Waals surface area contributed by atoms with Crippen molar-refractivity contribution >= 4 is 5.82 Å². The van der Waals surface area contributed by atoms with E-state index in [0.29, 0.717) is 0 Å². The predicted octanol–water partition coefficient (Wildman–Crippen LogP) is 2.56. The van der Waals surface area contributed by atoms with Gasteiger partial charge >= 0.3 is 0 Å². The number of aliphatic hydroxyl groups is 1. The van der Waals surface area contributed by atoms with Crippen LogP contribution in [0.4, 0.5) is 5.82 Å². The number of aryl methyl sites for hydroxylation is 1. The SMILES string of the molecule is Cc1cc(CO)cnc1N(C)CCc1ccccc1. The monoisotopic (exact) mass is 256 g/mol. The van der Waals surface area contributed by atoms with Gasteiger partial charge < -0.3 is 10.0 Å². The molecule has 0 amide bonds. The molecule has 0 bridgehead atoms. The number of pyridine rings is 1. The quantitative estimate of drug-likeness (QED) is 0.893. The number of nitrogens with zero attached hydrogens (tertiary/aromatic N) is 2. The molecule has 0 spiro atoms. The average Bonchev–Trinajstić information content (AvgIpc) is 2.45. The normalized spacial score (nSPS) is 10.5. The minimum Gasteiger partial charge on any atom is -0.392 e. The molecule has 0 aliphatic carbocycles. The molecule has 0 aliphatic heterocycles. The van der Waals surface area contributed by atoms with Crippen molar-refractivity contribution in [3.05, 3.63) is 59.3 Å². The maximum atomic E-state index is 9.09. The molecule has 3 nitrogen and oxygen atoms in total. The van der Waals surface area contributed by atoms with Gasteiger partial charge in [0, 0.05) is 19.8 Å². The smallest absolute Gasteiger partial charge is 0.131 e. The molecule has 100 valence electrons. The highest BCUT2D eigenvalue weighted by Gasteiger charge is 2.07. The zero-order valence-corrected chi connectivity index (χ0v) is 11.5. The highest BCUT2D eigenvalue weighted by atomic mass is 16.3. The summed E-state index contributed by atoms with van der Waals surface area (Å²) < 4.78 is 0. The Labute approximate surface area is 114 Å². The molecular formula is C16H20N2O. The van der Waals surface area contributed by atoms with Gasteiger partial charge in [-0.25, -0.2) is 4.98 Å². The number of aliphatic hydroxyl groups excluding tert-OH is 1. The number of hydrogen-bond donors (Lipinski definition) is 1. The molecule has 3 heteroatoms. The molecule has 19 heavy (non-hydrogen) atoms. The van der Waals surface area contributed by atoms with E-state index in [1.807, 2.05) is 19.1 Å². The Morgan fingerprint density at radius 2 is 1.89 bits per heavy atom. The lowest BCUT2D eigenvalue weighted by atomic mass is 10.1. The van der Waals surface area contributed by atoms with Gasteiger partial charge in [0.1, 0.15) is 5.82 Å². The number of anilines is 1. The first-order chi connectivity index (χ1) is 9.20. The Hall–Kier alpha value is -1.87. The number of likely N-dealkylation sites (N-methyl/N-ethyl adjacent to an activating group) is 1. The lowest BCUT2D eigenvalue weighted by Gasteiger charge is -2.20. The highest BCUT2D eigenvalue weighted by Crippen LogP contribution is 2.17. The van der Waals surface area contributed by atoms with Crippen LogP contribution in [0.25, 0.3) is 0 Å². The summed E-state index contributed by atoms with van der Waals surface area (Å²) in [5.74, 6) is 0.980. The summed E-state index contributed by atoms with van der Waals surface area (Å²) in [7, 11) is 2.05. The van der Waals surface area contributed by atoms with E-state index in [1.165, 1.54) is 5.56 Å². The van der Waals surface area contributed by atoms with Crippen molar-refractivity contribution in [2.45, 2.75) is 20.0 Å². The van der Waals surface area contributed by atoms with Crippen molar-refractivity contribution < 1.29 is 5.11 Å². The fourth-order valence-corrected chi connectivity index (χ4v) is 2.16. The van der Waals surface area contributed by atoms with Crippen LogP contribution in [0.1, 0.15) is 16.7 Å². The maximum Gasteiger partial charge on any atom is 0.131 e. The molecule has 1 N–H and O–H groups in total. The Kier molecular flexibility index (Phi) is 4.53. The third-order valence-electron chi connectivity index (χ3n) is 3.23. The van der Waals surface area contributed by atoms with Crippen LogP contribution < -0.4 is 4.90 Å². The standard InChI is InChI=1S/C16H20N2O/c1-13-10-15(12-19)11-17-16(13)18(2)9-8-14-6-4-3-5-7-14/h3-7,10-11,19H,8-9,12H2,1-2H3. The van der Waals surface area contributed by atoms with E-state index >= 15 is 0 Å². The first kappa shape index (κ1) is 13.6. The van der Waals surface area contributed by atoms with Gasteiger partial charge in [-0.1, -0.05) is 30.3 Å². The molecular weight excluding hydrogens is 236 g/mol. The summed E-state index contributed by atoms with van der Waals surface area (Å²) in [4.78, 5) is 6.58. The Balaban J connectivity index is 2.02. The topological polar surface area (TPSA) is 36.4 Å². The third-order valence-corrected chi connectivity index (χ3v) is 3.23. The molecule has 0 fully saturated rings. The summed E-state index contributed by atoms with van der Waals surface area (Å²) in [5, 5.41) is 9.09. The molecule has 2 aromatic rings. The minimum absolute atomic E-state index is 0.0435. The van der Waals surface area contributed by atoms with Crippen molar-refractivity contribution in [1.29, 1.82) is 0 Å². The van der Waals surface area contributed by atoms with Gasteiger partial charge in [-0.2, -0.15) is 0 Å². The van der Waals surface area contributed by atoms with E-state index in [-0.39, 0.29) is 6.61 Å². The average molecular weight is 256 g/mol. The lowest BCUT2D eigenvalue weighted by Crippen LogP contribution is -2.22. The van der Waals surface area contributed by atoms with Gasteiger partial charge in [-0.15, -0.1) is 0 Å². The second-order valence-electron chi connectivity index (χ2n) is 4.80. The molecule has 0 saturated carbocycles. The molecule has 1 aromatic heterocycles. The Morgan fingerprint density at radius 1 is 1.16 bits per heavy atom. The minimum atomic E-state index is 0.0435. The van der Waals surface area contributed by atoms with Gasteiger partial charge in [-0.3, -0.25) is 0 Å². The summed E-state index contributed by atoms with van der Waals surface area (Å²) >= 11 is 0. The molecule has 0 unspecified atom stereocenters. The largest absolute Gasteiger partial charge is 0.392 e. The number of rotatable bonds is 5. The van der Waals surface area contributed by atoms with Crippen LogP contribution >= 0.6 is 0 Å². The van der Waals surface area contributed by atoms with Crippen LogP contribution in [-0.4, -0.2) is 23.7 Å². The molecule has 0 aliphatic rings. The Bertz CT molecular complexity index is 526. The first-order valence-corrected chi connectivity index (χ1v) is 6.52. The lowest BCUT2D eigenvalue weighted by molar-refractivity contribution is 0.281. The summed E-state index contributed by atoms with van der Waals surface area (Å²) in [6.07, 6.45) is 2.74. The van der Waals surface area contributed by atoms with E-state index < -0.39 is 0 Å². The molecule has 0 saturated heterocycles. The summed E-state index contributed by atoms with van der Waals surface area (Å²) in [6.45, 7) is 3.00. The molecule has 0 radical (unpaired) electrons. The molecule has 0 atom stereocenters. The zero-order chi connectivity index (χ0) is 13.7. The summed E-state index contributed by atoms with van der Waals surface area (Å²) in [5.41, 5.74) is 3.29. The van der Waals surface area contributed by atoms with Crippen LogP contribution in [-0.2, 0) is 13.0 Å². The van der Waals surface area contributed by atoms with Crippen LogP contribution in [0.2, 0.25) is 0 Å². The van der Waals surface area contributed by atoms with Gasteiger partial charge in [0.2, 0.25) is 0 Å². The predicted molar refractivity (Wildman–Crippen MR) is 78.3 cm³/mol. The zero-order valence-electron chi connectivity index (χ0n) is 11.5. The van der Waals surface area contributed by atoms with Crippen LogP contribution in [0.3, 0.4) is 0 Å². The maximum absolute atomic E-state index is 9.09. The van der Waals surface area contributed by atoms with Crippen molar-refractivity contribution in [2.75, 3.05) is 18.5 Å². The van der Waals surface area contributed by atoms with Gasteiger partial charge in [-0.05, 0) is 36.1 Å². The van der Waals surface area contributed by atoms with Crippen molar-refractivity contribution in [3.63, 3.8) is 0 Å². The van der Waals surface area contributed by atoms with Gasteiger partial charge in [0.25, 0.3) is 0 Å².